The number of nitriles is 1. The van der Waals surface area contributed by atoms with Crippen LogP contribution in [-0.4, -0.2) is 69.1 Å². The minimum atomic E-state index is -3.80. The molecule has 3 saturated carbocycles. The maximum atomic E-state index is 13.9. The van der Waals surface area contributed by atoms with E-state index in [-0.39, 0.29) is 48.1 Å². The Morgan fingerprint density at radius 2 is 1.86 bits per heavy atom. The summed E-state index contributed by atoms with van der Waals surface area (Å²) in [7, 11) is -0.674. The van der Waals surface area contributed by atoms with E-state index in [1.54, 1.807) is 11.9 Å². The molecule has 4 aliphatic rings. The zero-order valence-electron chi connectivity index (χ0n) is 24.9. The van der Waals surface area contributed by atoms with Gasteiger partial charge in [0.25, 0.3) is 0 Å². The Kier molecular flexibility index (Phi) is 9.02. The summed E-state index contributed by atoms with van der Waals surface area (Å²) in [4.78, 5) is 55.4. The highest BCUT2D eigenvalue weighted by molar-refractivity contribution is 7.90. The van der Waals surface area contributed by atoms with Crippen molar-refractivity contribution >= 4 is 39.4 Å². The number of hydrogen-bond donors (Lipinski definition) is 2. The number of benzene rings is 1. The van der Waals surface area contributed by atoms with Crippen LogP contribution in [0.15, 0.2) is 30.4 Å². The van der Waals surface area contributed by atoms with E-state index < -0.39 is 50.6 Å². The van der Waals surface area contributed by atoms with Crippen LogP contribution in [0.5, 0.6) is 5.75 Å². The lowest BCUT2D eigenvalue weighted by atomic mass is 9.84. The van der Waals surface area contributed by atoms with E-state index in [9.17, 15) is 32.9 Å². The summed E-state index contributed by atoms with van der Waals surface area (Å²) in [5, 5.41) is 11.3. The zero-order valence-corrected chi connectivity index (χ0v) is 25.7. The summed E-state index contributed by atoms with van der Waals surface area (Å²) in [5.41, 5.74) is -0.628. The first kappa shape index (κ1) is 31.5. The van der Waals surface area contributed by atoms with E-state index in [4.69, 9.17) is 9.47 Å². The average Bonchev–Trinajstić information content (AvgIpc) is 3.91. The number of anilines is 1. The largest absolute Gasteiger partial charge is 0.497 e. The van der Waals surface area contributed by atoms with E-state index >= 15 is 0 Å². The quantitative estimate of drug-likeness (QED) is 0.450. The Labute approximate surface area is 257 Å². The van der Waals surface area contributed by atoms with Crippen molar-refractivity contribution in [2.45, 2.75) is 69.1 Å². The first-order chi connectivity index (χ1) is 21.0. The van der Waals surface area contributed by atoms with Gasteiger partial charge in [0.2, 0.25) is 21.8 Å². The van der Waals surface area contributed by atoms with Crippen molar-refractivity contribution in [2.24, 2.45) is 23.2 Å². The second kappa shape index (κ2) is 12.6. The summed E-state index contributed by atoms with van der Waals surface area (Å²) in [6.07, 6.45) is 6.02. The normalized spacial score (nSPS) is 29.7. The molecule has 3 fully saturated rings. The highest BCUT2D eigenvalue weighted by Crippen LogP contribution is 2.58. The molecule has 2 N–H and O–H groups in total. The number of sulfonamides is 1. The van der Waals surface area contributed by atoms with Gasteiger partial charge in [-0.15, -0.1) is 0 Å². The van der Waals surface area contributed by atoms with Gasteiger partial charge in [0.1, 0.15) is 17.6 Å². The smallest absolute Gasteiger partial charge is 0.411 e. The number of ketones is 1. The molecule has 13 heteroatoms. The van der Waals surface area contributed by atoms with Crippen LogP contribution >= 0.6 is 0 Å². The fraction of sp³-hybridized carbons (Fsp3) is 0.581. The topological polar surface area (TPSA) is 172 Å². The fourth-order valence-corrected chi connectivity index (χ4v) is 7.78. The van der Waals surface area contributed by atoms with E-state index in [1.807, 2.05) is 18.2 Å². The monoisotopic (exact) mass is 626 g/mol. The van der Waals surface area contributed by atoms with Crippen LogP contribution in [0.25, 0.3) is 0 Å². The summed E-state index contributed by atoms with van der Waals surface area (Å²) in [5.74, 6) is -2.67. The van der Waals surface area contributed by atoms with Crippen molar-refractivity contribution in [1.82, 2.24) is 9.62 Å². The van der Waals surface area contributed by atoms with Crippen molar-refractivity contribution in [2.75, 3.05) is 26.0 Å². The predicted octanol–water partition coefficient (Wildman–Crippen LogP) is 3.28. The number of nitrogens with zero attached hydrogens (tertiary/aromatic N) is 2. The van der Waals surface area contributed by atoms with Crippen LogP contribution in [0.4, 0.5) is 10.5 Å². The summed E-state index contributed by atoms with van der Waals surface area (Å²) < 4.78 is 38.3. The molecule has 0 spiro atoms. The number of carbonyl (C=O) groups excluding carboxylic acids is 4. The van der Waals surface area contributed by atoms with Gasteiger partial charge in [-0.05, 0) is 69.4 Å². The van der Waals surface area contributed by atoms with Crippen LogP contribution in [0.3, 0.4) is 0 Å². The van der Waals surface area contributed by atoms with Crippen molar-refractivity contribution in [3.63, 3.8) is 0 Å². The second-order valence-electron chi connectivity index (χ2n) is 12.4. The first-order valence-electron chi connectivity index (χ1n) is 15.0. The van der Waals surface area contributed by atoms with E-state index in [2.05, 4.69) is 10.0 Å². The molecular weight excluding hydrogens is 588 g/mol. The van der Waals surface area contributed by atoms with Crippen molar-refractivity contribution in [3.05, 3.63) is 35.9 Å². The lowest BCUT2D eigenvalue weighted by Crippen LogP contribution is -2.42. The molecular formula is C31H38N4O8S. The van der Waals surface area contributed by atoms with Crippen molar-refractivity contribution < 1.29 is 37.1 Å². The van der Waals surface area contributed by atoms with Crippen LogP contribution in [-0.2, 0) is 29.1 Å². The number of carbonyl (C=O) groups is 4. The molecule has 5 atom stereocenters. The van der Waals surface area contributed by atoms with Crippen LogP contribution in [0, 0.1) is 34.5 Å². The lowest BCUT2D eigenvalue weighted by molar-refractivity contribution is -0.140. The molecule has 12 nitrogen and oxygen atoms in total. The fourth-order valence-electron chi connectivity index (χ4n) is 6.40. The molecule has 1 aliphatic heterocycles. The van der Waals surface area contributed by atoms with Crippen molar-refractivity contribution in [1.29, 1.82) is 5.26 Å². The predicted molar refractivity (Wildman–Crippen MR) is 159 cm³/mol. The van der Waals surface area contributed by atoms with Gasteiger partial charge in [-0.25, -0.2) is 13.2 Å². The third-order valence-corrected chi connectivity index (χ3v) is 11.0. The molecule has 1 aromatic rings. The number of ether oxygens (including phenoxy) is 2. The van der Waals surface area contributed by atoms with Gasteiger partial charge in [-0.1, -0.05) is 12.2 Å². The molecule has 0 bridgehead atoms. The number of methoxy groups -OCH3 is 1. The summed E-state index contributed by atoms with van der Waals surface area (Å²) in [6.45, 7) is 0.516. The number of nitrogens with one attached hydrogen (secondary N) is 2. The van der Waals surface area contributed by atoms with Crippen LogP contribution < -0.4 is 14.8 Å². The summed E-state index contributed by atoms with van der Waals surface area (Å²) in [6, 6.07) is 6.51. The molecule has 3 aliphatic carbocycles. The number of rotatable bonds is 6. The van der Waals surface area contributed by atoms with E-state index in [0.29, 0.717) is 31.6 Å². The van der Waals surface area contributed by atoms with Gasteiger partial charge in [-0.2, -0.15) is 5.26 Å². The SMILES string of the molecule is COc1cc(C#N)cc(NC(=O)O[C@@H]2C[C@H]3C(=O)C[C@]4(C(=O)NS(=O)(=O)C5CC5)C[C@H]4/C=C\CCCCN(C)C(=O)[C@@H]3C2)c1. The average molecular weight is 627 g/mol. The number of fused-ring (bicyclic) bond motifs is 2. The molecule has 0 saturated heterocycles. The van der Waals surface area contributed by atoms with Gasteiger partial charge in [-0.3, -0.25) is 24.4 Å². The maximum Gasteiger partial charge on any atom is 0.411 e. The lowest BCUT2D eigenvalue weighted by Gasteiger charge is -2.26. The number of Topliss-reactive ketones (excluding diaryl/α,β-unsaturated/α-hetero) is 1. The van der Waals surface area contributed by atoms with E-state index in [1.165, 1.54) is 25.3 Å². The molecule has 5 rings (SSSR count). The van der Waals surface area contributed by atoms with Gasteiger partial charge in [0.05, 0.1) is 35.3 Å². The first-order valence-corrected chi connectivity index (χ1v) is 16.6. The number of amides is 3. The van der Waals surface area contributed by atoms with Gasteiger partial charge >= 0.3 is 6.09 Å². The minimum Gasteiger partial charge on any atom is -0.497 e. The molecule has 1 aromatic carbocycles. The van der Waals surface area contributed by atoms with E-state index in [0.717, 1.165) is 19.3 Å². The number of allylic oxidation sites excluding steroid dienone is 2. The standard InChI is InChI=1S/C31H38N4O8S/c1-35-10-6-4-3-5-7-20-16-31(20,29(38)34-44(40,41)24-8-9-24)17-27(36)25-14-23(15-26(25)28(35)37)43-30(39)33-21-11-19(18-32)12-22(13-21)42-2/h5,7,11-13,20,23-26H,3-4,6,8-10,14-17H2,1-2H3,(H,33,39)(H,34,38)/b7-5-/t20-,23-,25-,26-,31-/m1/s1. The third kappa shape index (κ3) is 6.90. The summed E-state index contributed by atoms with van der Waals surface area (Å²) >= 11 is 0. The van der Waals surface area contributed by atoms with Gasteiger partial charge in [0, 0.05) is 37.7 Å². The van der Waals surface area contributed by atoms with Crippen LogP contribution in [0.1, 0.15) is 63.4 Å². The van der Waals surface area contributed by atoms with Gasteiger partial charge < -0.3 is 14.4 Å². The molecule has 0 unspecified atom stereocenters. The zero-order chi connectivity index (χ0) is 31.6. The van der Waals surface area contributed by atoms with Crippen LogP contribution in [0.2, 0.25) is 0 Å². The molecule has 44 heavy (non-hydrogen) atoms. The second-order valence-corrected chi connectivity index (χ2v) is 14.3. The Morgan fingerprint density at radius 1 is 1.11 bits per heavy atom. The maximum absolute atomic E-state index is 13.9. The Balaban J connectivity index is 1.34. The molecule has 1 heterocycles. The number of hydrogen-bond acceptors (Lipinski definition) is 9. The molecule has 0 aromatic heterocycles. The highest BCUT2D eigenvalue weighted by Gasteiger charge is 2.61. The Bertz CT molecular complexity index is 1510. The molecule has 3 amide bonds. The molecule has 236 valence electrons. The van der Waals surface area contributed by atoms with Gasteiger partial charge in [0.15, 0.2) is 0 Å². The Hall–Kier alpha value is -3.92. The molecule has 0 radical (unpaired) electrons. The third-order valence-electron chi connectivity index (χ3n) is 9.17. The Morgan fingerprint density at radius 3 is 2.57 bits per heavy atom. The highest BCUT2D eigenvalue weighted by atomic mass is 32.2. The minimum absolute atomic E-state index is 0.0939. The van der Waals surface area contributed by atoms with Crippen molar-refractivity contribution in [3.8, 4) is 11.8 Å².